The highest BCUT2D eigenvalue weighted by Crippen LogP contribution is 2.55. The number of hydrogen-bond acceptors (Lipinski definition) is 6. The normalized spacial score (nSPS) is 10.6. The van der Waals surface area contributed by atoms with Gasteiger partial charge in [-0.25, -0.2) is 0 Å². The molecule has 0 aliphatic heterocycles. The van der Waals surface area contributed by atoms with E-state index in [0.717, 1.165) is 3.79 Å². The fourth-order valence-electron chi connectivity index (χ4n) is 1.37. The molecule has 0 atom stereocenters. The summed E-state index contributed by atoms with van der Waals surface area (Å²) < 4.78 is 0.748. The van der Waals surface area contributed by atoms with Crippen LogP contribution in [0.1, 0.15) is 0 Å². The number of thiophene rings is 1. The smallest absolute Gasteiger partial charge is 0.208 e. The van der Waals surface area contributed by atoms with Crippen molar-refractivity contribution in [3.8, 4) is 39.2 Å². The third kappa shape index (κ3) is 1.77. The number of benzene rings is 1. The molecule has 1 heterocycles. The predicted molar refractivity (Wildman–Crippen MR) is 65.8 cm³/mol. The Kier molecular flexibility index (Phi) is 2.80. The van der Waals surface area contributed by atoms with Crippen molar-refractivity contribution < 1.29 is 25.5 Å². The lowest BCUT2D eigenvalue weighted by atomic mass is 10.1. The van der Waals surface area contributed by atoms with Crippen molar-refractivity contribution in [3.63, 3.8) is 0 Å². The summed E-state index contributed by atoms with van der Waals surface area (Å²) in [6.45, 7) is 0. The van der Waals surface area contributed by atoms with E-state index in [1.54, 1.807) is 12.1 Å². The maximum absolute atomic E-state index is 9.66. The quantitative estimate of drug-likeness (QED) is 0.411. The molecule has 2 aromatic rings. The summed E-state index contributed by atoms with van der Waals surface area (Å²) in [7, 11) is 0. The molecule has 0 saturated heterocycles. The Hall–Kier alpha value is -1.60. The van der Waals surface area contributed by atoms with E-state index in [4.69, 9.17) is 0 Å². The van der Waals surface area contributed by atoms with E-state index < -0.39 is 28.7 Å². The minimum absolute atomic E-state index is 0.131. The van der Waals surface area contributed by atoms with Crippen LogP contribution in [0.4, 0.5) is 0 Å². The highest BCUT2D eigenvalue weighted by molar-refractivity contribution is 9.11. The van der Waals surface area contributed by atoms with Gasteiger partial charge < -0.3 is 25.5 Å². The number of halogens is 1. The van der Waals surface area contributed by atoms with E-state index in [1.807, 2.05) is 0 Å². The Morgan fingerprint density at radius 2 is 1.24 bits per heavy atom. The third-order valence-electron chi connectivity index (χ3n) is 2.19. The lowest BCUT2D eigenvalue weighted by Gasteiger charge is -2.10. The van der Waals surface area contributed by atoms with Gasteiger partial charge in [-0.3, -0.25) is 0 Å². The van der Waals surface area contributed by atoms with Gasteiger partial charge in [0.2, 0.25) is 17.2 Å². The lowest BCUT2D eigenvalue weighted by molar-refractivity contribution is 0.330. The SMILES string of the molecule is Oc1c(O)c(O)c(-c2ccc(Br)s2)c(O)c1O. The molecule has 1 aromatic heterocycles. The summed E-state index contributed by atoms with van der Waals surface area (Å²) in [4.78, 5) is 0.428. The van der Waals surface area contributed by atoms with Crippen LogP contribution in [0.15, 0.2) is 15.9 Å². The molecule has 5 nitrogen and oxygen atoms in total. The van der Waals surface area contributed by atoms with E-state index in [-0.39, 0.29) is 5.56 Å². The summed E-state index contributed by atoms with van der Waals surface area (Å²) in [5.41, 5.74) is -0.131. The summed E-state index contributed by atoms with van der Waals surface area (Å²) >= 11 is 4.40. The molecule has 0 fully saturated rings. The molecule has 2 rings (SSSR count). The van der Waals surface area contributed by atoms with E-state index in [0.29, 0.717) is 4.88 Å². The number of rotatable bonds is 1. The first-order valence-corrected chi connectivity index (χ1v) is 5.99. The molecule has 1 aromatic carbocycles. The van der Waals surface area contributed by atoms with E-state index in [2.05, 4.69) is 15.9 Å². The van der Waals surface area contributed by atoms with Gasteiger partial charge >= 0.3 is 0 Å². The fourth-order valence-corrected chi connectivity index (χ4v) is 2.80. The van der Waals surface area contributed by atoms with Crippen LogP contribution in [0.2, 0.25) is 0 Å². The van der Waals surface area contributed by atoms with Crippen LogP contribution in [0.3, 0.4) is 0 Å². The molecule has 0 aliphatic rings. The summed E-state index contributed by atoms with van der Waals surface area (Å²) in [5.74, 6) is -4.08. The molecule has 5 N–H and O–H groups in total. The number of phenols is 5. The zero-order valence-corrected chi connectivity index (χ0v) is 10.6. The molecule has 0 saturated carbocycles. The second kappa shape index (κ2) is 4.01. The van der Waals surface area contributed by atoms with Crippen molar-refractivity contribution in [2.45, 2.75) is 0 Å². The van der Waals surface area contributed by atoms with Crippen molar-refractivity contribution in [1.29, 1.82) is 0 Å². The van der Waals surface area contributed by atoms with E-state index in [9.17, 15) is 25.5 Å². The van der Waals surface area contributed by atoms with Crippen LogP contribution < -0.4 is 0 Å². The van der Waals surface area contributed by atoms with Crippen LogP contribution in [0.25, 0.3) is 10.4 Å². The van der Waals surface area contributed by atoms with Gasteiger partial charge in [-0.2, -0.15) is 0 Å². The standard InChI is InChI=1S/C10H7BrO5S/c11-4-2-1-3(17-4)5-6(12)8(14)10(16)9(15)7(5)13/h1-2,12-16H. The first kappa shape index (κ1) is 11.9. The van der Waals surface area contributed by atoms with Crippen LogP contribution in [0.5, 0.6) is 28.7 Å². The Labute approximate surface area is 108 Å². The second-order valence-electron chi connectivity index (χ2n) is 3.22. The zero-order valence-electron chi connectivity index (χ0n) is 8.18. The summed E-state index contributed by atoms with van der Waals surface area (Å²) in [6.07, 6.45) is 0. The number of phenolic OH excluding ortho intramolecular Hbond substituents is 5. The third-order valence-corrected chi connectivity index (χ3v) is 3.83. The molecule has 90 valence electrons. The topological polar surface area (TPSA) is 101 Å². The van der Waals surface area contributed by atoms with Crippen LogP contribution in [0, 0.1) is 0 Å². The molecular formula is C10H7BrO5S. The Morgan fingerprint density at radius 3 is 1.65 bits per heavy atom. The van der Waals surface area contributed by atoms with Crippen LogP contribution in [-0.4, -0.2) is 25.5 Å². The minimum Gasteiger partial charge on any atom is -0.504 e. The van der Waals surface area contributed by atoms with Gasteiger partial charge in [-0.1, -0.05) is 0 Å². The maximum atomic E-state index is 9.66. The Balaban J connectivity index is 2.78. The van der Waals surface area contributed by atoms with Crippen molar-refractivity contribution >= 4 is 27.3 Å². The molecule has 0 spiro atoms. The van der Waals surface area contributed by atoms with Crippen molar-refractivity contribution in [2.75, 3.05) is 0 Å². The average molecular weight is 319 g/mol. The Bertz CT molecular complexity index is 564. The van der Waals surface area contributed by atoms with Gasteiger partial charge in [0.1, 0.15) is 0 Å². The molecule has 0 unspecified atom stereocenters. The van der Waals surface area contributed by atoms with Gasteiger partial charge in [0, 0.05) is 4.88 Å². The van der Waals surface area contributed by atoms with Gasteiger partial charge in [0.15, 0.2) is 11.5 Å². The van der Waals surface area contributed by atoms with E-state index >= 15 is 0 Å². The first-order valence-electron chi connectivity index (χ1n) is 4.38. The summed E-state index contributed by atoms with van der Waals surface area (Å²) in [6, 6.07) is 3.26. The van der Waals surface area contributed by atoms with Crippen LogP contribution >= 0.6 is 27.3 Å². The maximum Gasteiger partial charge on any atom is 0.208 e. The van der Waals surface area contributed by atoms with Gasteiger partial charge in [-0.05, 0) is 28.1 Å². The zero-order chi connectivity index (χ0) is 12.7. The summed E-state index contributed by atoms with van der Waals surface area (Å²) in [5, 5.41) is 47.3. The first-order chi connectivity index (χ1) is 7.93. The molecular weight excluding hydrogens is 312 g/mol. The minimum atomic E-state index is -0.959. The molecule has 0 amide bonds. The highest BCUT2D eigenvalue weighted by Gasteiger charge is 2.24. The molecule has 17 heavy (non-hydrogen) atoms. The number of hydrogen-bond donors (Lipinski definition) is 5. The second-order valence-corrected chi connectivity index (χ2v) is 5.68. The predicted octanol–water partition coefficient (Wildman–Crippen LogP) is 2.71. The van der Waals surface area contributed by atoms with E-state index in [1.165, 1.54) is 11.3 Å². The average Bonchev–Trinajstić information content (AvgIpc) is 2.71. The number of aromatic hydroxyl groups is 5. The lowest BCUT2D eigenvalue weighted by Crippen LogP contribution is -1.81. The molecule has 7 heteroatoms. The Morgan fingerprint density at radius 1 is 0.765 bits per heavy atom. The largest absolute Gasteiger partial charge is 0.504 e. The van der Waals surface area contributed by atoms with Gasteiger partial charge in [0.25, 0.3) is 0 Å². The highest BCUT2D eigenvalue weighted by atomic mass is 79.9. The van der Waals surface area contributed by atoms with Crippen molar-refractivity contribution in [1.82, 2.24) is 0 Å². The van der Waals surface area contributed by atoms with Crippen molar-refractivity contribution in [3.05, 3.63) is 15.9 Å². The fraction of sp³-hybridized carbons (Fsp3) is 0. The molecule has 0 bridgehead atoms. The van der Waals surface area contributed by atoms with Crippen LogP contribution in [-0.2, 0) is 0 Å². The monoisotopic (exact) mass is 318 g/mol. The molecule has 0 aliphatic carbocycles. The molecule has 0 radical (unpaired) electrons. The van der Waals surface area contributed by atoms with Gasteiger partial charge in [0.05, 0.1) is 9.35 Å². The van der Waals surface area contributed by atoms with Gasteiger partial charge in [-0.15, -0.1) is 11.3 Å². The van der Waals surface area contributed by atoms with Crippen molar-refractivity contribution in [2.24, 2.45) is 0 Å².